The van der Waals surface area contributed by atoms with Gasteiger partial charge in [-0.25, -0.2) is 16.8 Å². The van der Waals surface area contributed by atoms with Crippen LogP contribution in [0.15, 0.2) is 52.3 Å². The molecule has 2 aliphatic rings. The number of hydrogen-bond acceptors (Lipinski definition) is 5. The number of carbonyl (C=O) groups excluding carboxylic acids is 1. The fourth-order valence-corrected chi connectivity index (χ4v) is 7.44. The van der Waals surface area contributed by atoms with Gasteiger partial charge in [-0.3, -0.25) is 4.79 Å². The average molecular weight is 492 g/mol. The Balaban J connectivity index is 1.48. The molecule has 0 saturated carbocycles. The molecule has 178 valence electrons. The largest absolute Gasteiger partial charge is 0.336 e. The van der Waals surface area contributed by atoms with Crippen LogP contribution in [0, 0.1) is 13.8 Å². The molecule has 2 saturated heterocycles. The van der Waals surface area contributed by atoms with Gasteiger partial charge in [0, 0.05) is 44.8 Å². The van der Waals surface area contributed by atoms with E-state index in [2.05, 4.69) is 0 Å². The van der Waals surface area contributed by atoms with E-state index in [1.165, 1.54) is 14.7 Å². The van der Waals surface area contributed by atoms with E-state index in [0.29, 0.717) is 24.2 Å². The van der Waals surface area contributed by atoms with Gasteiger partial charge < -0.3 is 4.90 Å². The van der Waals surface area contributed by atoms with Crippen LogP contribution in [0.25, 0.3) is 0 Å². The summed E-state index contributed by atoms with van der Waals surface area (Å²) < 4.78 is 54.8. The van der Waals surface area contributed by atoms with E-state index < -0.39 is 20.0 Å². The van der Waals surface area contributed by atoms with Gasteiger partial charge >= 0.3 is 0 Å². The summed E-state index contributed by atoms with van der Waals surface area (Å²) in [4.78, 5) is 15.1. The number of piperazine rings is 1. The number of rotatable bonds is 5. The Kier molecular flexibility index (Phi) is 6.63. The van der Waals surface area contributed by atoms with Crippen LogP contribution in [0.3, 0.4) is 0 Å². The molecule has 8 nitrogen and oxygen atoms in total. The molecule has 2 fully saturated rings. The normalized spacial score (nSPS) is 18.5. The molecule has 1 amide bonds. The summed E-state index contributed by atoms with van der Waals surface area (Å²) in [7, 11) is -7.27. The highest BCUT2D eigenvalue weighted by Gasteiger charge is 2.32. The molecule has 2 aromatic rings. The Labute approximate surface area is 195 Å². The maximum absolute atomic E-state index is 13.1. The van der Waals surface area contributed by atoms with E-state index in [-0.39, 0.29) is 41.9 Å². The Bertz CT molecular complexity index is 1240. The predicted molar refractivity (Wildman–Crippen MR) is 125 cm³/mol. The van der Waals surface area contributed by atoms with Crippen LogP contribution < -0.4 is 0 Å². The highest BCUT2D eigenvalue weighted by Crippen LogP contribution is 2.26. The first-order valence-corrected chi connectivity index (χ1v) is 14.0. The van der Waals surface area contributed by atoms with Gasteiger partial charge in [0.15, 0.2) is 0 Å². The maximum Gasteiger partial charge on any atom is 0.253 e. The predicted octanol–water partition coefficient (Wildman–Crippen LogP) is 2.23. The van der Waals surface area contributed by atoms with Crippen LogP contribution in [0.4, 0.5) is 0 Å². The van der Waals surface area contributed by atoms with Gasteiger partial charge in [-0.15, -0.1) is 0 Å². The number of nitrogens with zero attached hydrogens (tertiary/aromatic N) is 3. The molecule has 0 bridgehead atoms. The van der Waals surface area contributed by atoms with Crippen molar-refractivity contribution in [1.29, 1.82) is 0 Å². The minimum atomic E-state index is -3.64. The van der Waals surface area contributed by atoms with E-state index >= 15 is 0 Å². The number of sulfonamides is 2. The quantitative estimate of drug-likeness (QED) is 0.639. The second-order valence-electron chi connectivity index (χ2n) is 8.60. The second-order valence-corrected chi connectivity index (χ2v) is 12.4. The molecule has 10 heteroatoms. The molecule has 4 rings (SSSR count). The van der Waals surface area contributed by atoms with Crippen molar-refractivity contribution in [2.75, 3.05) is 39.3 Å². The molecule has 2 aliphatic heterocycles. The highest BCUT2D eigenvalue weighted by atomic mass is 32.2. The Hall–Kier alpha value is -2.27. The Morgan fingerprint density at radius 3 is 1.91 bits per heavy atom. The summed E-state index contributed by atoms with van der Waals surface area (Å²) in [5, 5.41) is 0. The molecular weight excluding hydrogens is 462 g/mol. The van der Waals surface area contributed by atoms with Gasteiger partial charge in [0.2, 0.25) is 20.0 Å². The fourth-order valence-electron chi connectivity index (χ4n) is 4.25. The van der Waals surface area contributed by atoms with Crippen LogP contribution in [0.1, 0.15) is 34.3 Å². The molecule has 0 radical (unpaired) electrons. The van der Waals surface area contributed by atoms with Gasteiger partial charge in [-0.05, 0) is 56.5 Å². The van der Waals surface area contributed by atoms with Gasteiger partial charge in [-0.1, -0.05) is 23.8 Å². The number of carbonyl (C=O) groups is 1. The van der Waals surface area contributed by atoms with Crippen molar-refractivity contribution in [1.82, 2.24) is 13.5 Å². The Morgan fingerprint density at radius 2 is 1.30 bits per heavy atom. The first-order valence-electron chi connectivity index (χ1n) is 11.1. The molecule has 0 spiro atoms. The van der Waals surface area contributed by atoms with E-state index in [0.717, 1.165) is 18.4 Å². The van der Waals surface area contributed by atoms with E-state index in [1.54, 1.807) is 48.2 Å². The maximum atomic E-state index is 13.1. The molecule has 0 unspecified atom stereocenters. The lowest BCUT2D eigenvalue weighted by Crippen LogP contribution is -2.50. The third kappa shape index (κ3) is 4.70. The van der Waals surface area contributed by atoms with Gasteiger partial charge in [0.05, 0.1) is 9.79 Å². The molecule has 2 aromatic carbocycles. The van der Waals surface area contributed by atoms with Crippen LogP contribution in [0.5, 0.6) is 0 Å². The summed E-state index contributed by atoms with van der Waals surface area (Å²) >= 11 is 0. The molecule has 2 heterocycles. The van der Waals surface area contributed by atoms with E-state index in [9.17, 15) is 21.6 Å². The number of benzene rings is 2. The molecule has 0 aliphatic carbocycles. The van der Waals surface area contributed by atoms with Crippen molar-refractivity contribution in [3.05, 3.63) is 59.2 Å². The summed E-state index contributed by atoms with van der Waals surface area (Å²) in [6.45, 7) is 5.48. The minimum Gasteiger partial charge on any atom is -0.336 e. The molecule has 0 N–H and O–H groups in total. The lowest BCUT2D eigenvalue weighted by Gasteiger charge is -2.34. The topological polar surface area (TPSA) is 95.1 Å². The van der Waals surface area contributed by atoms with Crippen molar-refractivity contribution in [2.45, 2.75) is 36.5 Å². The van der Waals surface area contributed by atoms with Crippen molar-refractivity contribution in [2.24, 2.45) is 0 Å². The third-order valence-corrected chi connectivity index (χ3v) is 10.3. The smallest absolute Gasteiger partial charge is 0.253 e. The molecular formula is C23H29N3O5S2. The van der Waals surface area contributed by atoms with Crippen LogP contribution in [0.2, 0.25) is 0 Å². The van der Waals surface area contributed by atoms with Crippen molar-refractivity contribution in [3.8, 4) is 0 Å². The number of amides is 1. The number of aryl methyl sites for hydroxylation is 2. The van der Waals surface area contributed by atoms with Gasteiger partial charge in [-0.2, -0.15) is 8.61 Å². The molecule has 0 aromatic heterocycles. The number of hydrogen-bond donors (Lipinski definition) is 0. The first kappa shape index (κ1) is 23.9. The standard InChI is InChI=1S/C23H29N3O5S2/c1-18-5-9-21(10-6-18)32(28,29)26-15-13-24(14-16-26)23(27)20-8-7-19(2)22(17-20)33(30,31)25-11-3-4-12-25/h5-10,17H,3-4,11-16H2,1-2H3. The zero-order valence-electron chi connectivity index (χ0n) is 18.9. The zero-order valence-corrected chi connectivity index (χ0v) is 20.5. The minimum absolute atomic E-state index is 0.163. The van der Waals surface area contributed by atoms with E-state index in [4.69, 9.17) is 0 Å². The van der Waals surface area contributed by atoms with Crippen LogP contribution >= 0.6 is 0 Å². The molecule has 33 heavy (non-hydrogen) atoms. The van der Waals surface area contributed by atoms with Crippen LogP contribution in [-0.4, -0.2) is 75.5 Å². The van der Waals surface area contributed by atoms with Crippen molar-refractivity contribution in [3.63, 3.8) is 0 Å². The summed E-state index contributed by atoms with van der Waals surface area (Å²) in [5.41, 5.74) is 1.88. The third-order valence-electron chi connectivity index (χ3n) is 6.30. The average Bonchev–Trinajstić information content (AvgIpc) is 3.35. The monoisotopic (exact) mass is 491 g/mol. The summed E-state index contributed by atoms with van der Waals surface area (Å²) in [5.74, 6) is -0.291. The SMILES string of the molecule is Cc1ccc(S(=O)(=O)N2CCN(C(=O)c3ccc(C)c(S(=O)(=O)N4CCCC4)c3)CC2)cc1. The zero-order chi connectivity index (χ0) is 23.8. The van der Waals surface area contributed by atoms with Gasteiger partial charge in [0.1, 0.15) is 0 Å². The Morgan fingerprint density at radius 1 is 0.727 bits per heavy atom. The van der Waals surface area contributed by atoms with Crippen molar-refractivity contribution >= 4 is 26.0 Å². The van der Waals surface area contributed by atoms with Gasteiger partial charge in [0.25, 0.3) is 5.91 Å². The van der Waals surface area contributed by atoms with Crippen molar-refractivity contribution < 1.29 is 21.6 Å². The first-order chi connectivity index (χ1) is 15.6. The van der Waals surface area contributed by atoms with E-state index in [1.807, 2.05) is 6.92 Å². The summed E-state index contributed by atoms with van der Waals surface area (Å²) in [6.07, 6.45) is 1.68. The lowest BCUT2D eigenvalue weighted by molar-refractivity contribution is 0.0697. The second kappa shape index (κ2) is 9.17. The van der Waals surface area contributed by atoms with Crippen LogP contribution in [-0.2, 0) is 20.0 Å². The fraction of sp³-hybridized carbons (Fsp3) is 0.435. The highest BCUT2D eigenvalue weighted by molar-refractivity contribution is 7.89. The lowest BCUT2D eigenvalue weighted by atomic mass is 10.1. The summed E-state index contributed by atoms with van der Waals surface area (Å²) in [6, 6.07) is 11.5. The molecule has 0 atom stereocenters.